The van der Waals surface area contributed by atoms with Gasteiger partial charge in [0.1, 0.15) is 0 Å². The van der Waals surface area contributed by atoms with E-state index in [2.05, 4.69) is 5.32 Å². The van der Waals surface area contributed by atoms with Crippen molar-refractivity contribution in [3.63, 3.8) is 0 Å². The summed E-state index contributed by atoms with van der Waals surface area (Å²) in [5.74, 6) is -0.433. The molecule has 1 N–H and O–H groups in total. The van der Waals surface area contributed by atoms with Gasteiger partial charge in [0.15, 0.2) is 0 Å². The standard InChI is InChI=1S/C19H20F3NO2/c1-13(14-6-4-3-5-7-14)23-17(12-18(24)25-2)15-8-10-16(11-9-15)19(20,21)22/h3-11,13,17,23H,12H2,1-2H3/t13-,17-/m1/s1. The first-order chi connectivity index (χ1) is 11.8. The molecular weight excluding hydrogens is 331 g/mol. The summed E-state index contributed by atoms with van der Waals surface area (Å²) in [5.41, 5.74) is 0.898. The quantitative estimate of drug-likeness (QED) is 0.769. The Morgan fingerprint density at radius 3 is 2.16 bits per heavy atom. The molecule has 0 aliphatic carbocycles. The molecule has 0 radical (unpaired) electrons. The molecule has 0 saturated carbocycles. The molecule has 0 spiro atoms. The number of carbonyl (C=O) groups excluding carboxylic acids is 1. The van der Waals surface area contributed by atoms with Crippen molar-refractivity contribution in [1.82, 2.24) is 5.32 Å². The SMILES string of the molecule is COC(=O)C[C@@H](N[C@H](C)c1ccccc1)c1ccc(C(F)(F)F)cc1. The Balaban J connectivity index is 2.22. The van der Waals surface area contributed by atoms with Crippen molar-refractivity contribution in [1.29, 1.82) is 0 Å². The minimum Gasteiger partial charge on any atom is -0.469 e. The van der Waals surface area contributed by atoms with E-state index in [-0.39, 0.29) is 12.5 Å². The first-order valence-corrected chi connectivity index (χ1v) is 7.86. The van der Waals surface area contributed by atoms with Crippen LogP contribution in [0.5, 0.6) is 0 Å². The lowest BCUT2D eigenvalue weighted by Crippen LogP contribution is -2.27. The molecule has 0 heterocycles. The van der Waals surface area contributed by atoms with Crippen molar-refractivity contribution in [2.75, 3.05) is 7.11 Å². The Labute approximate surface area is 144 Å². The minimum absolute atomic E-state index is 0.0268. The van der Waals surface area contributed by atoms with Crippen molar-refractivity contribution < 1.29 is 22.7 Å². The lowest BCUT2D eigenvalue weighted by atomic mass is 9.99. The van der Waals surface area contributed by atoms with Crippen molar-refractivity contribution in [2.45, 2.75) is 31.6 Å². The first kappa shape index (κ1) is 19.0. The lowest BCUT2D eigenvalue weighted by Gasteiger charge is -2.24. The number of nitrogens with one attached hydrogen (secondary N) is 1. The van der Waals surface area contributed by atoms with E-state index >= 15 is 0 Å². The van der Waals surface area contributed by atoms with Gasteiger partial charge in [0.05, 0.1) is 19.1 Å². The highest BCUT2D eigenvalue weighted by molar-refractivity contribution is 5.70. The fourth-order valence-corrected chi connectivity index (χ4v) is 2.57. The normalized spacial score (nSPS) is 14.0. The molecule has 0 saturated heterocycles. The highest BCUT2D eigenvalue weighted by Gasteiger charge is 2.30. The maximum atomic E-state index is 12.7. The fraction of sp³-hybridized carbons (Fsp3) is 0.316. The number of ether oxygens (including phenoxy) is 1. The summed E-state index contributed by atoms with van der Waals surface area (Å²) >= 11 is 0. The fourth-order valence-electron chi connectivity index (χ4n) is 2.57. The van der Waals surface area contributed by atoms with Gasteiger partial charge in [0.25, 0.3) is 0 Å². The molecule has 2 aromatic carbocycles. The van der Waals surface area contributed by atoms with Crippen molar-refractivity contribution >= 4 is 5.97 Å². The second-order valence-electron chi connectivity index (χ2n) is 5.75. The predicted molar refractivity (Wildman–Crippen MR) is 88.8 cm³/mol. The zero-order valence-corrected chi connectivity index (χ0v) is 14.0. The summed E-state index contributed by atoms with van der Waals surface area (Å²) in [6.07, 6.45) is -4.36. The second kappa shape index (κ2) is 8.16. The van der Waals surface area contributed by atoms with Gasteiger partial charge in [-0.1, -0.05) is 42.5 Å². The van der Waals surface area contributed by atoms with Crippen LogP contribution in [0.25, 0.3) is 0 Å². The molecule has 0 amide bonds. The smallest absolute Gasteiger partial charge is 0.416 e. The Bertz CT molecular complexity index is 684. The molecule has 2 rings (SSSR count). The van der Waals surface area contributed by atoms with Gasteiger partial charge in [-0.05, 0) is 30.2 Å². The van der Waals surface area contributed by atoms with Crippen LogP contribution in [0.2, 0.25) is 0 Å². The van der Waals surface area contributed by atoms with E-state index < -0.39 is 23.8 Å². The van der Waals surface area contributed by atoms with Gasteiger partial charge in [-0.25, -0.2) is 0 Å². The van der Waals surface area contributed by atoms with Crippen molar-refractivity contribution in [3.8, 4) is 0 Å². The summed E-state index contributed by atoms with van der Waals surface area (Å²) < 4.78 is 42.9. The molecule has 134 valence electrons. The summed E-state index contributed by atoms with van der Waals surface area (Å²) in [6.45, 7) is 1.93. The molecule has 0 aromatic heterocycles. The number of hydrogen-bond acceptors (Lipinski definition) is 3. The van der Waals surface area contributed by atoms with Crippen LogP contribution in [0.4, 0.5) is 13.2 Å². The maximum absolute atomic E-state index is 12.7. The third-order valence-corrected chi connectivity index (χ3v) is 3.99. The van der Waals surface area contributed by atoms with E-state index in [1.165, 1.54) is 19.2 Å². The molecule has 0 bridgehead atoms. The zero-order chi connectivity index (χ0) is 18.4. The molecular formula is C19H20F3NO2. The summed E-state index contributed by atoms with van der Waals surface area (Å²) in [4.78, 5) is 11.7. The largest absolute Gasteiger partial charge is 0.469 e. The Hall–Kier alpha value is -2.34. The van der Waals surface area contributed by atoms with Crippen LogP contribution in [0.3, 0.4) is 0 Å². The number of methoxy groups -OCH3 is 1. The third kappa shape index (κ3) is 5.32. The Morgan fingerprint density at radius 1 is 1.04 bits per heavy atom. The highest BCUT2D eigenvalue weighted by Crippen LogP contribution is 2.31. The van der Waals surface area contributed by atoms with Gasteiger partial charge in [0.2, 0.25) is 0 Å². The van der Waals surface area contributed by atoms with Gasteiger partial charge in [0, 0.05) is 12.1 Å². The van der Waals surface area contributed by atoms with Crippen LogP contribution in [0, 0.1) is 0 Å². The molecule has 0 aliphatic rings. The molecule has 2 atom stereocenters. The van der Waals surface area contributed by atoms with Gasteiger partial charge in [-0.3, -0.25) is 4.79 Å². The molecule has 6 heteroatoms. The average molecular weight is 351 g/mol. The van der Waals surface area contributed by atoms with Crippen LogP contribution < -0.4 is 5.32 Å². The summed E-state index contributed by atoms with van der Waals surface area (Å²) in [6, 6.07) is 13.9. The Kier molecular flexibility index (Phi) is 6.20. The molecule has 2 aromatic rings. The third-order valence-electron chi connectivity index (χ3n) is 3.99. The molecule has 0 unspecified atom stereocenters. The number of alkyl halides is 3. The Morgan fingerprint density at radius 2 is 1.64 bits per heavy atom. The number of carbonyl (C=O) groups is 1. The van der Waals surface area contributed by atoms with Crippen LogP contribution in [-0.4, -0.2) is 13.1 Å². The van der Waals surface area contributed by atoms with E-state index in [1.54, 1.807) is 0 Å². The summed E-state index contributed by atoms with van der Waals surface area (Å²) in [5, 5.41) is 3.29. The molecule has 25 heavy (non-hydrogen) atoms. The number of halogens is 3. The summed E-state index contributed by atoms with van der Waals surface area (Å²) in [7, 11) is 1.28. The number of benzene rings is 2. The van der Waals surface area contributed by atoms with Crippen LogP contribution in [0.1, 0.15) is 42.1 Å². The number of hydrogen-bond donors (Lipinski definition) is 1. The van der Waals surface area contributed by atoms with Crippen molar-refractivity contribution in [2.24, 2.45) is 0 Å². The topological polar surface area (TPSA) is 38.3 Å². The van der Waals surface area contributed by atoms with Gasteiger partial charge >= 0.3 is 12.1 Å². The van der Waals surface area contributed by atoms with E-state index in [4.69, 9.17) is 4.74 Å². The van der Waals surface area contributed by atoms with Crippen molar-refractivity contribution in [3.05, 3.63) is 71.3 Å². The second-order valence-corrected chi connectivity index (χ2v) is 5.75. The van der Waals surface area contributed by atoms with Gasteiger partial charge in [-0.15, -0.1) is 0 Å². The van der Waals surface area contributed by atoms with E-state index in [0.717, 1.165) is 17.7 Å². The molecule has 0 aliphatic heterocycles. The first-order valence-electron chi connectivity index (χ1n) is 7.86. The van der Waals surface area contributed by atoms with Gasteiger partial charge in [-0.2, -0.15) is 13.2 Å². The highest BCUT2D eigenvalue weighted by atomic mass is 19.4. The van der Waals surface area contributed by atoms with E-state index in [1.807, 2.05) is 37.3 Å². The number of rotatable bonds is 6. The van der Waals surface area contributed by atoms with E-state index in [0.29, 0.717) is 5.56 Å². The maximum Gasteiger partial charge on any atom is 0.416 e. The zero-order valence-electron chi connectivity index (χ0n) is 14.0. The van der Waals surface area contributed by atoms with Gasteiger partial charge < -0.3 is 10.1 Å². The molecule has 0 fully saturated rings. The van der Waals surface area contributed by atoms with Crippen LogP contribution >= 0.6 is 0 Å². The lowest BCUT2D eigenvalue weighted by molar-refractivity contribution is -0.141. The monoisotopic (exact) mass is 351 g/mol. The minimum atomic E-state index is -4.39. The average Bonchev–Trinajstić information content (AvgIpc) is 2.61. The van der Waals surface area contributed by atoms with Crippen LogP contribution in [0.15, 0.2) is 54.6 Å². The molecule has 3 nitrogen and oxygen atoms in total. The van der Waals surface area contributed by atoms with Crippen LogP contribution in [-0.2, 0) is 15.7 Å². The van der Waals surface area contributed by atoms with E-state index in [9.17, 15) is 18.0 Å². The predicted octanol–water partition coefficient (Wildman–Crippen LogP) is 4.66. The number of esters is 1.